The van der Waals surface area contributed by atoms with Gasteiger partial charge in [-0.2, -0.15) is 0 Å². The minimum Gasteiger partial charge on any atom is -0.493 e. The normalized spacial score (nSPS) is 15.3. The molecular formula is C23H29ClN2O3. The topological polar surface area (TPSA) is 42.0 Å². The van der Waals surface area contributed by atoms with Gasteiger partial charge in [-0.3, -0.25) is 9.69 Å². The predicted molar refractivity (Wildman–Crippen MR) is 116 cm³/mol. The van der Waals surface area contributed by atoms with Crippen LogP contribution in [0.4, 0.5) is 0 Å². The molecule has 0 spiro atoms. The molecule has 2 aromatic rings. The van der Waals surface area contributed by atoms with Gasteiger partial charge in [-0.1, -0.05) is 41.9 Å². The molecule has 0 aliphatic carbocycles. The number of hydrogen-bond donors (Lipinski definition) is 0. The number of halogens is 1. The zero-order chi connectivity index (χ0) is 20.8. The molecule has 29 heavy (non-hydrogen) atoms. The van der Waals surface area contributed by atoms with E-state index >= 15 is 0 Å². The van der Waals surface area contributed by atoms with Gasteiger partial charge in [0.1, 0.15) is 0 Å². The quantitative estimate of drug-likeness (QED) is 0.696. The summed E-state index contributed by atoms with van der Waals surface area (Å²) in [7, 11) is 1.56. The van der Waals surface area contributed by atoms with Crippen molar-refractivity contribution < 1.29 is 14.3 Å². The van der Waals surface area contributed by atoms with Gasteiger partial charge in [0, 0.05) is 38.3 Å². The molecule has 0 radical (unpaired) electrons. The first-order valence-corrected chi connectivity index (χ1v) is 10.5. The van der Waals surface area contributed by atoms with Gasteiger partial charge < -0.3 is 14.4 Å². The molecule has 0 atom stereocenters. The molecule has 1 aliphatic heterocycles. The van der Waals surface area contributed by atoms with Crippen molar-refractivity contribution in [1.29, 1.82) is 0 Å². The lowest BCUT2D eigenvalue weighted by molar-refractivity contribution is 0.0760. The molecule has 156 valence electrons. The van der Waals surface area contributed by atoms with E-state index in [4.69, 9.17) is 21.1 Å². The van der Waals surface area contributed by atoms with E-state index in [1.165, 1.54) is 5.56 Å². The lowest BCUT2D eigenvalue weighted by Crippen LogP contribution is -2.35. The SMILES string of the molecule is COc1cc(C(=O)N2CCCN(Cc3ccccc3)CC2)cc(Cl)c1OC(C)C. The molecule has 1 saturated heterocycles. The van der Waals surface area contributed by atoms with Crippen molar-refractivity contribution in [2.24, 2.45) is 0 Å². The van der Waals surface area contributed by atoms with Crippen LogP contribution in [0, 0.1) is 0 Å². The fourth-order valence-electron chi connectivity index (χ4n) is 3.55. The maximum Gasteiger partial charge on any atom is 0.254 e. The number of methoxy groups -OCH3 is 1. The standard InChI is InChI=1S/C23H29ClN2O3/c1-17(2)29-22-20(24)14-19(15-21(22)28-3)23(27)26-11-7-10-25(12-13-26)16-18-8-5-4-6-9-18/h4-6,8-9,14-15,17H,7,10-13,16H2,1-3H3. The first-order valence-electron chi connectivity index (χ1n) is 10.1. The molecule has 0 aromatic heterocycles. The van der Waals surface area contributed by atoms with E-state index in [1.807, 2.05) is 24.8 Å². The molecule has 0 saturated carbocycles. The van der Waals surface area contributed by atoms with Crippen LogP contribution in [-0.4, -0.2) is 55.1 Å². The molecule has 6 heteroatoms. The summed E-state index contributed by atoms with van der Waals surface area (Å²) < 4.78 is 11.2. The maximum absolute atomic E-state index is 13.1. The first-order chi connectivity index (χ1) is 14.0. The van der Waals surface area contributed by atoms with Crippen molar-refractivity contribution in [2.45, 2.75) is 32.9 Å². The summed E-state index contributed by atoms with van der Waals surface area (Å²) in [6.07, 6.45) is 0.905. The third-order valence-electron chi connectivity index (χ3n) is 4.95. The van der Waals surface area contributed by atoms with Gasteiger partial charge >= 0.3 is 0 Å². The Kier molecular flexibility index (Phi) is 7.40. The number of carbonyl (C=O) groups is 1. The molecule has 2 aromatic carbocycles. The van der Waals surface area contributed by atoms with Crippen LogP contribution in [-0.2, 0) is 6.54 Å². The van der Waals surface area contributed by atoms with Crippen molar-refractivity contribution in [2.75, 3.05) is 33.3 Å². The number of benzene rings is 2. The van der Waals surface area contributed by atoms with Crippen LogP contribution in [0.1, 0.15) is 36.2 Å². The predicted octanol–water partition coefficient (Wildman–Crippen LogP) is 4.48. The summed E-state index contributed by atoms with van der Waals surface area (Å²) >= 11 is 6.40. The van der Waals surface area contributed by atoms with E-state index in [2.05, 4.69) is 29.2 Å². The van der Waals surface area contributed by atoms with Crippen molar-refractivity contribution >= 4 is 17.5 Å². The molecule has 1 heterocycles. The molecule has 0 bridgehead atoms. The lowest BCUT2D eigenvalue weighted by Gasteiger charge is -2.23. The Bertz CT molecular complexity index is 826. The molecule has 0 N–H and O–H groups in total. The zero-order valence-electron chi connectivity index (χ0n) is 17.4. The van der Waals surface area contributed by atoms with Crippen LogP contribution in [0.5, 0.6) is 11.5 Å². The Balaban J connectivity index is 1.69. The first kappa shape index (κ1) is 21.5. The fourth-order valence-corrected chi connectivity index (χ4v) is 3.80. The number of amides is 1. The van der Waals surface area contributed by atoms with Crippen molar-refractivity contribution in [1.82, 2.24) is 9.80 Å². The molecule has 1 fully saturated rings. The molecule has 3 rings (SSSR count). The van der Waals surface area contributed by atoms with Crippen LogP contribution < -0.4 is 9.47 Å². The van der Waals surface area contributed by atoms with E-state index in [9.17, 15) is 4.79 Å². The monoisotopic (exact) mass is 416 g/mol. The van der Waals surface area contributed by atoms with Crippen LogP contribution in [0.25, 0.3) is 0 Å². The van der Waals surface area contributed by atoms with Crippen LogP contribution in [0.2, 0.25) is 5.02 Å². The minimum absolute atomic E-state index is 0.0251. The number of ether oxygens (including phenoxy) is 2. The maximum atomic E-state index is 13.1. The minimum atomic E-state index is -0.0378. The number of nitrogens with zero attached hydrogens (tertiary/aromatic N) is 2. The molecule has 1 amide bonds. The van der Waals surface area contributed by atoms with Gasteiger partial charge in [0.05, 0.1) is 18.2 Å². The summed E-state index contributed by atoms with van der Waals surface area (Å²) in [5, 5.41) is 0.391. The van der Waals surface area contributed by atoms with Crippen molar-refractivity contribution in [3.8, 4) is 11.5 Å². The van der Waals surface area contributed by atoms with E-state index in [0.29, 0.717) is 28.6 Å². The second kappa shape index (κ2) is 9.99. The fraction of sp³-hybridized carbons (Fsp3) is 0.435. The average molecular weight is 417 g/mol. The van der Waals surface area contributed by atoms with Crippen LogP contribution >= 0.6 is 11.6 Å². The lowest BCUT2D eigenvalue weighted by atomic mass is 10.1. The Hall–Kier alpha value is -2.24. The van der Waals surface area contributed by atoms with E-state index in [-0.39, 0.29) is 12.0 Å². The van der Waals surface area contributed by atoms with Crippen LogP contribution in [0.3, 0.4) is 0 Å². The van der Waals surface area contributed by atoms with Gasteiger partial charge in [0.25, 0.3) is 5.91 Å². The van der Waals surface area contributed by atoms with E-state index in [0.717, 1.165) is 32.6 Å². The number of rotatable bonds is 6. The Labute approximate surface area is 178 Å². The van der Waals surface area contributed by atoms with Gasteiger partial charge in [-0.25, -0.2) is 0 Å². The molecule has 1 aliphatic rings. The Morgan fingerprint density at radius 2 is 1.86 bits per heavy atom. The largest absolute Gasteiger partial charge is 0.493 e. The summed E-state index contributed by atoms with van der Waals surface area (Å²) in [6.45, 7) is 8.00. The molecule has 0 unspecified atom stereocenters. The summed E-state index contributed by atoms with van der Waals surface area (Å²) in [5.74, 6) is 0.934. The van der Waals surface area contributed by atoms with E-state index < -0.39 is 0 Å². The number of hydrogen-bond acceptors (Lipinski definition) is 4. The Morgan fingerprint density at radius 3 is 2.55 bits per heavy atom. The second-order valence-electron chi connectivity index (χ2n) is 7.56. The van der Waals surface area contributed by atoms with Crippen molar-refractivity contribution in [3.05, 3.63) is 58.6 Å². The van der Waals surface area contributed by atoms with Crippen LogP contribution in [0.15, 0.2) is 42.5 Å². The highest BCUT2D eigenvalue weighted by molar-refractivity contribution is 6.32. The molecular weight excluding hydrogens is 388 g/mol. The molecule has 5 nitrogen and oxygen atoms in total. The number of carbonyl (C=O) groups excluding carboxylic acids is 1. The summed E-state index contributed by atoms with van der Waals surface area (Å²) in [5.41, 5.74) is 1.82. The Morgan fingerprint density at radius 1 is 1.10 bits per heavy atom. The van der Waals surface area contributed by atoms with E-state index in [1.54, 1.807) is 19.2 Å². The van der Waals surface area contributed by atoms with Gasteiger partial charge in [-0.15, -0.1) is 0 Å². The average Bonchev–Trinajstić information content (AvgIpc) is 2.95. The van der Waals surface area contributed by atoms with Gasteiger partial charge in [-0.05, 0) is 38.0 Å². The zero-order valence-corrected chi connectivity index (χ0v) is 18.1. The van der Waals surface area contributed by atoms with Crippen molar-refractivity contribution in [3.63, 3.8) is 0 Å². The van der Waals surface area contributed by atoms with Gasteiger partial charge in [0.2, 0.25) is 0 Å². The van der Waals surface area contributed by atoms with Gasteiger partial charge in [0.15, 0.2) is 11.5 Å². The highest BCUT2D eigenvalue weighted by Gasteiger charge is 2.23. The highest BCUT2D eigenvalue weighted by Crippen LogP contribution is 2.37. The third-order valence-corrected chi connectivity index (χ3v) is 5.24. The summed E-state index contributed by atoms with van der Waals surface area (Å²) in [4.78, 5) is 17.4. The summed E-state index contributed by atoms with van der Waals surface area (Å²) in [6, 6.07) is 13.8. The smallest absolute Gasteiger partial charge is 0.254 e. The third kappa shape index (κ3) is 5.64. The highest BCUT2D eigenvalue weighted by atomic mass is 35.5. The second-order valence-corrected chi connectivity index (χ2v) is 7.97.